The van der Waals surface area contributed by atoms with Gasteiger partial charge in [0.15, 0.2) is 0 Å². The largest absolute Gasteiger partial charge is 0.198 e. The summed E-state index contributed by atoms with van der Waals surface area (Å²) in [5.74, 6) is 2.26. The summed E-state index contributed by atoms with van der Waals surface area (Å²) < 4.78 is 0. The van der Waals surface area contributed by atoms with E-state index in [9.17, 15) is 0 Å². The van der Waals surface area contributed by atoms with Crippen LogP contribution in [0.3, 0.4) is 0 Å². The number of hydrogen-bond donors (Lipinski definition) is 0. The lowest BCUT2D eigenvalue weighted by Crippen LogP contribution is -2.08. The van der Waals surface area contributed by atoms with E-state index in [-0.39, 0.29) is 5.41 Å². The number of nitriles is 1. The fourth-order valence-corrected chi connectivity index (χ4v) is 1.47. The summed E-state index contributed by atoms with van der Waals surface area (Å²) in [5.41, 5.74) is -0.123. The van der Waals surface area contributed by atoms with E-state index < -0.39 is 0 Å². The topological polar surface area (TPSA) is 23.8 Å². The molecule has 0 atom stereocenters. The summed E-state index contributed by atoms with van der Waals surface area (Å²) in [6.07, 6.45) is 1.00. The van der Waals surface area contributed by atoms with Crippen LogP contribution in [-0.4, -0.2) is 11.5 Å². The minimum Gasteiger partial charge on any atom is -0.198 e. The number of rotatable bonds is 4. The van der Waals surface area contributed by atoms with Gasteiger partial charge in [0.05, 0.1) is 11.5 Å². The highest BCUT2D eigenvalue weighted by atomic mass is 32.2. The van der Waals surface area contributed by atoms with Crippen molar-refractivity contribution in [3.63, 3.8) is 0 Å². The molecular weight excluding hydrogens is 142 g/mol. The second kappa shape index (κ2) is 4.62. The van der Waals surface area contributed by atoms with Crippen molar-refractivity contribution in [2.45, 2.75) is 27.2 Å². The third kappa shape index (κ3) is 4.69. The van der Waals surface area contributed by atoms with E-state index in [1.54, 1.807) is 0 Å². The van der Waals surface area contributed by atoms with Crippen LogP contribution in [0.4, 0.5) is 0 Å². The van der Waals surface area contributed by atoms with E-state index in [0.717, 1.165) is 17.9 Å². The summed E-state index contributed by atoms with van der Waals surface area (Å²) >= 11 is 1.90. The van der Waals surface area contributed by atoms with Gasteiger partial charge in [-0.25, -0.2) is 0 Å². The summed E-state index contributed by atoms with van der Waals surface area (Å²) in [6, 6.07) is 2.29. The lowest BCUT2D eigenvalue weighted by molar-refractivity contribution is 0.482. The van der Waals surface area contributed by atoms with Crippen molar-refractivity contribution in [2.75, 3.05) is 11.5 Å². The fourth-order valence-electron chi connectivity index (χ4n) is 0.528. The average molecular weight is 157 g/mol. The smallest absolute Gasteiger partial charge is 0.0684 e. The Hall–Kier alpha value is -0.160. The third-order valence-corrected chi connectivity index (χ3v) is 2.28. The van der Waals surface area contributed by atoms with Crippen LogP contribution in [0.2, 0.25) is 0 Å². The Bertz CT molecular complexity index is 124. The maximum Gasteiger partial charge on any atom is 0.0684 e. The average Bonchev–Trinajstić information content (AvgIpc) is 1.89. The van der Waals surface area contributed by atoms with Gasteiger partial charge in [0.25, 0.3) is 0 Å². The Labute approximate surface area is 67.8 Å². The Morgan fingerprint density at radius 3 is 2.50 bits per heavy atom. The molecule has 0 saturated heterocycles. The van der Waals surface area contributed by atoms with Crippen LogP contribution < -0.4 is 0 Å². The first kappa shape index (κ1) is 9.84. The standard InChI is InChI=1S/C8H15NS/c1-4-10-6-5-8(2,3)7-9/h4-6H2,1-3H3. The summed E-state index contributed by atoms with van der Waals surface area (Å²) in [4.78, 5) is 0. The van der Waals surface area contributed by atoms with Crippen molar-refractivity contribution < 1.29 is 0 Å². The first-order valence-electron chi connectivity index (χ1n) is 3.61. The normalized spacial score (nSPS) is 11.0. The lowest BCUT2D eigenvalue weighted by Gasteiger charge is -2.13. The molecule has 58 valence electrons. The van der Waals surface area contributed by atoms with Crippen LogP contribution in [0.15, 0.2) is 0 Å². The van der Waals surface area contributed by atoms with Crippen LogP contribution >= 0.6 is 11.8 Å². The molecule has 0 radical (unpaired) electrons. The zero-order valence-electron chi connectivity index (χ0n) is 6.98. The summed E-state index contributed by atoms with van der Waals surface area (Å²) in [6.45, 7) is 6.12. The van der Waals surface area contributed by atoms with Gasteiger partial charge in [0.1, 0.15) is 0 Å². The van der Waals surface area contributed by atoms with E-state index in [4.69, 9.17) is 5.26 Å². The summed E-state index contributed by atoms with van der Waals surface area (Å²) in [7, 11) is 0. The van der Waals surface area contributed by atoms with Gasteiger partial charge in [0.2, 0.25) is 0 Å². The number of nitrogens with zero attached hydrogens (tertiary/aromatic N) is 1. The number of thioether (sulfide) groups is 1. The monoisotopic (exact) mass is 157 g/mol. The molecule has 0 bridgehead atoms. The molecule has 0 unspecified atom stereocenters. The number of hydrogen-bond acceptors (Lipinski definition) is 2. The minimum atomic E-state index is -0.123. The highest BCUT2D eigenvalue weighted by Gasteiger charge is 2.14. The molecule has 0 heterocycles. The first-order chi connectivity index (χ1) is 4.62. The molecule has 0 rings (SSSR count). The van der Waals surface area contributed by atoms with E-state index in [1.807, 2.05) is 25.6 Å². The quantitative estimate of drug-likeness (QED) is 0.586. The molecule has 0 fully saturated rings. The second-order valence-corrected chi connectivity index (χ2v) is 4.34. The summed E-state index contributed by atoms with van der Waals surface area (Å²) in [5, 5.41) is 8.63. The molecular formula is C8H15NS. The van der Waals surface area contributed by atoms with Gasteiger partial charge in [0, 0.05) is 0 Å². The van der Waals surface area contributed by atoms with Crippen molar-refractivity contribution in [1.82, 2.24) is 0 Å². The second-order valence-electron chi connectivity index (χ2n) is 2.94. The maximum atomic E-state index is 8.63. The van der Waals surface area contributed by atoms with E-state index in [2.05, 4.69) is 13.0 Å². The Morgan fingerprint density at radius 2 is 2.10 bits per heavy atom. The molecule has 0 aliphatic rings. The maximum absolute atomic E-state index is 8.63. The molecule has 2 heteroatoms. The van der Waals surface area contributed by atoms with Crippen LogP contribution in [-0.2, 0) is 0 Å². The van der Waals surface area contributed by atoms with Crippen molar-refractivity contribution in [2.24, 2.45) is 5.41 Å². The third-order valence-electron chi connectivity index (χ3n) is 1.38. The van der Waals surface area contributed by atoms with Gasteiger partial charge in [-0.1, -0.05) is 6.92 Å². The van der Waals surface area contributed by atoms with E-state index >= 15 is 0 Å². The van der Waals surface area contributed by atoms with Gasteiger partial charge < -0.3 is 0 Å². The van der Waals surface area contributed by atoms with Crippen LogP contribution in [0.1, 0.15) is 27.2 Å². The van der Waals surface area contributed by atoms with Gasteiger partial charge >= 0.3 is 0 Å². The Kier molecular flexibility index (Phi) is 4.55. The predicted octanol–water partition coefficient (Wildman–Crippen LogP) is 2.68. The molecule has 0 aromatic rings. The molecule has 0 aromatic heterocycles. The van der Waals surface area contributed by atoms with Gasteiger partial charge in [-0.2, -0.15) is 17.0 Å². The van der Waals surface area contributed by atoms with Gasteiger partial charge in [-0.15, -0.1) is 0 Å². The SMILES string of the molecule is CCSCCC(C)(C)C#N. The van der Waals surface area contributed by atoms with Crippen LogP contribution in [0.5, 0.6) is 0 Å². The molecule has 10 heavy (non-hydrogen) atoms. The van der Waals surface area contributed by atoms with Crippen LogP contribution in [0.25, 0.3) is 0 Å². The van der Waals surface area contributed by atoms with Crippen molar-refractivity contribution in [3.05, 3.63) is 0 Å². The van der Waals surface area contributed by atoms with Crippen molar-refractivity contribution in [3.8, 4) is 6.07 Å². The molecule has 0 amide bonds. The molecule has 0 aliphatic carbocycles. The minimum absolute atomic E-state index is 0.123. The Balaban J connectivity index is 3.40. The first-order valence-corrected chi connectivity index (χ1v) is 4.77. The molecule has 0 aromatic carbocycles. The van der Waals surface area contributed by atoms with Gasteiger partial charge in [-0.05, 0) is 31.8 Å². The van der Waals surface area contributed by atoms with E-state index in [0.29, 0.717) is 0 Å². The zero-order chi connectivity index (χ0) is 8.04. The van der Waals surface area contributed by atoms with E-state index in [1.165, 1.54) is 0 Å². The molecule has 1 nitrogen and oxygen atoms in total. The molecule has 0 spiro atoms. The van der Waals surface area contributed by atoms with Crippen LogP contribution in [0, 0.1) is 16.7 Å². The Morgan fingerprint density at radius 1 is 1.50 bits per heavy atom. The fraction of sp³-hybridized carbons (Fsp3) is 0.875. The highest BCUT2D eigenvalue weighted by Crippen LogP contribution is 2.20. The predicted molar refractivity (Wildman–Crippen MR) is 47.0 cm³/mol. The van der Waals surface area contributed by atoms with Crippen molar-refractivity contribution in [1.29, 1.82) is 5.26 Å². The van der Waals surface area contributed by atoms with Gasteiger partial charge in [-0.3, -0.25) is 0 Å². The molecule has 0 N–H and O–H groups in total. The molecule has 0 aliphatic heterocycles. The van der Waals surface area contributed by atoms with Crippen molar-refractivity contribution >= 4 is 11.8 Å². The molecule has 0 saturated carbocycles. The zero-order valence-corrected chi connectivity index (χ0v) is 7.79. The lowest BCUT2D eigenvalue weighted by atomic mass is 9.93. The highest BCUT2D eigenvalue weighted by molar-refractivity contribution is 7.99.